The Labute approximate surface area is 96.0 Å². The van der Waals surface area contributed by atoms with Crippen molar-refractivity contribution in [2.75, 3.05) is 7.05 Å². The Balaban J connectivity index is 4.89. The van der Waals surface area contributed by atoms with Gasteiger partial charge in [0, 0.05) is 12.1 Å². The van der Waals surface area contributed by atoms with Crippen molar-refractivity contribution >= 4 is 0 Å². The lowest BCUT2D eigenvalue weighted by Gasteiger charge is -2.38. The molecule has 2 unspecified atom stereocenters. The summed E-state index contributed by atoms with van der Waals surface area (Å²) in [7, 11) is 1.52. The molecule has 0 saturated heterocycles. The maximum Gasteiger partial charge on any atom is 0.405 e. The Morgan fingerprint density at radius 3 is 1.75 bits per heavy atom. The molecule has 5 heteroatoms. The van der Waals surface area contributed by atoms with Crippen LogP contribution in [-0.4, -0.2) is 36.2 Å². The van der Waals surface area contributed by atoms with Crippen LogP contribution in [0.3, 0.4) is 0 Å². The smallest absolute Gasteiger partial charge is 0.326 e. The van der Waals surface area contributed by atoms with Crippen molar-refractivity contribution in [2.45, 2.75) is 64.3 Å². The molecule has 0 aliphatic heterocycles. The molecule has 16 heavy (non-hydrogen) atoms. The summed E-state index contributed by atoms with van der Waals surface area (Å²) in [6, 6.07) is -2.46. The first-order valence-corrected chi connectivity index (χ1v) is 5.83. The van der Waals surface area contributed by atoms with Gasteiger partial charge in [0.05, 0.1) is 0 Å². The molecule has 0 saturated carbocycles. The number of rotatable bonds is 6. The zero-order chi connectivity index (χ0) is 12.9. The normalized spacial score (nSPS) is 16.9. The average Bonchev–Trinajstić information content (AvgIpc) is 2.17. The molecule has 0 aliphatic carbocycles. The van der Waals surface area contributed by atoms with Gasteiger partial charge in [-0.25, -0.2) is 0 Å². The van der Waals surface area contributed by atoms with Gasteiger partial charge in [-0.3, -0.25) is 4.90 Å². The van der Waals surface area contributed by atoms with E-state index in [1.807, 2.05) is 13.8 Å². The predicted molar refractivity (Wildman–Crippen MR) is 60.2 cm³/mol. The largest absolute Gasteiger partial charge is 0.405 e. The van der Waals surface area contributed by atoms with Gasteiger partial charge in [-0.1, -0.05) is 20.8 Å². The minimum atomic E-state index is -4.26. The highest BCUT2D eigenvalue weighted by atomic mass is 19.4. The van der Waals surface area contributed by atoms with Gasteiger partial charge >= 0.3 is 6.18 Å². The van der Waals surface area contributed by atoms with E-state index >= 15 is 0 Å². The number of alkyl halides is 3. The Bertz CT molecular complexity index is 190. The van der Waals surface area contributed by atoms with Gasteiger partial charge < -0.3 is 5.73 Å². The van der Waals surface area contributed by atoms with Crippen LogP contribution >= 0.6 is 0 Å². The van der Waals surface area contributed by atoms with Crippen LogP contribution in [0.4, 0.5) is 13.2 Å². The van der Waals surface area contributed by atoms with Gasteiger partial charge in [0.1, 0.15) is 6.04 Å². The molecule has 0 spiro atoms. The van der Waals surface area contributed by atoms with Gasteiger partial charge in [0.2, 0.25) is 0 Å². The lowest BCUT2D eigenvalue weighted by molar-refractivity contribution is -0.191. The third-order valence-electron chi connectivity index (χ3n) is 3.17. The van der Waals surface area contributed by atoms with E-state index in [1.54, 1.807) is 6.92 Å². The molecule has 2 atom stereocenters. The number of likely N-dealkylation sites (N-methyl/N-ethyl adjacent to an activating group) is 1. The summed E-state index contributed by atoms with van der Waals surface area (Å²) in [5.74, 6) is 0. The molecular formula is C11H23F3N2. The second-order valence-corrected chi connectivity index (χ2v) is 4.19. The number of hydrogen-bond acceptors (Lipinski definition) is 2. The molecular weight excluding hydrogens is 217 g/mol. The third-order valence-corrected chi connectivity index (χ3v) is 3.17. The van der Waals surface area contributed by atoms with E-state index in [0.717, 1.165) is 0 Å². The van der Waals surface area contributed by atoms with Gasteiger partial charge in [0.15, 0.2) is 0 Å². The van der Waals surface area contributed by atoms with Crippen molar-refractivity contribution in [1.82, 2.24) is 4.90 Å². The first-order chi connectivity index (χ1) is 7.29. The standard InChI is InChI=1S/C11H23F3N2/c1-5-8(6-2)16(4)10(9(15)7-3)11(12,13)14/h8-10H,5-7,15H2,1-4H3. The number of nitrogens with zero attached hydrogens (tertiary/aromatic N) is 1. The molecule has 0 bridgehead atoms. The van der Waals surface area contributed by atoms with Crippen molar-refractivity contribution in [3.63, 3.8) is 0 Å². The molecule has 0 aromatic heterocycles. The van der Waals surface area contributed by atoms with Gasteiger partial charge in [0.25, 0.3) is 0 Å². The van der Waals surface area contributed by atoms with Crippen LogP contribution in [0, 0.1) is 0 Å². The average molecular weight is 240 g/mol. The van der Waals surface area contributed by atoms with Crippen molar-refractivity contribution < 1.29 is 13.2 Å². The van der Waals surface area contributed by atoms with Gasteiger partial charge in [-0.2, -0.15) is 13.2 Å². The van der Waals surface area contributed by atoms with Crippen LogP contribution in [0.1, 0.15) is 40.0 Å². The van der Waals surface area contributed by atoms with Crippen molar-refractivity contribution in [3.8, 4) is 0 Å². The zero-order valence-corrected chi connectivity index (χ0v) is 10.5. The van der Waals surface area contributed by atoms with Crippen molar-refractivity contribution in [1.29, 1.82) is 0 Å². The van der Waals surface area contributed by atoms with Crippen LogP contribution < -0.4 is 5.73 Å². The van der Waals surface area contributed by atoms with Crippen molar-refractivity contribution in [3.05, 3.63) is 0 Å². The van der Waals surface area contributed by atoms with Gasteiger partial charge in [-0.15, -0.1) is 0 Å². The summed E-state index contributed by atoms with van der Waals surface area (Å²) in [6.07, 6.45) is -2.52. The molecule has 0 fully saturated rings. The van der Waals surface area contributed by atoms with E-state index in [2.05, 4.69) is 0 Å². The first kappa shape index (κ1) is 15.7. The summed E-state index contributed by atoms with van der Waals surface area (Å²) in [6.45, 7) is 5.48. The highest BCUT2D eigenvalue weighted by Crippen LogP contribution is 2.29. The van der Waals surface area contributed by atoms with Crippen LogP contribution in [0.25, 0.3) is 0 Å². The zero-order valence-electron chi connectivity index (χ0n) is 10.5. The predicted octanol–water partition coefficient (Wildman–Crippen LogP) is 2.78. The fourth-order valence-electron chi connectivity index (χ4n) is 2.09. The minimum Gasteiger partial charge on any atom is -0.326 e. The molecule has 0 aromatic carbocycles. The second-order valence-electron chi connectivity index (χ2n) is 4.19. The van der Waals surface area contributed by atoms with E-state index in [1.165, 1.54) is 11.9 Å². The SMILES string of the molecule is CCC(N)C(N(C)C(CC)CC)C(F)(F)F. The van der Waals surface area contributed by atoms with E-state index in [-0.39, 0.29) is 6.04 Å². The van der Waals surface area contributed by atoms with E-state index in [4.69, 9.17) is 5.73 Å². The lowest BCUT2D eigenvalue weighted by Crippen LogP contribution is -2.57. The molecule has 0 heterocycles. The van der Waals surface area contributed by atoms with E-state index < -0.39 is 18.3 Å². The monoisotopic (exact) mass is 240 g/mol. The second kappa shape index (κ2) is 6.45. The highest BCUT2D eigenvalue weighted by molar-refractivity contribution is 4.88. The van der Waals surface area contributed by atoms with Crippen LogP contribution in [0.2, 0.25) is 0 Å². The van der Waals surface area contributed by atoms with E-state index in [9.17, 15) is 13.2 Å². The minimum absolute atomic E-state index is 0.0655. The first-order valence-electron chi connectivity index (χ1n) is 5.83. The summed E-state index contributed by atoms with van der Waals surface area (Å²) in [5.41, 5.74) is 5.59. The fourth-order valence-corrected chi connectivity index (χ4v) is 2.09. The lowest BCUT2D eigenvalue weighted by atomic mass is 10.0. The Kier molecular flexibility index (Phi) is 6.33. The molecule has 0 aromatic rings. The molecule has 0 aliphatic rings. The molecule has 0 radical (unpaired) electrons. The quantitative estimate of drug-likeness (QED) is 0.773. The Morgan fingerprint density at radius 1 is 1.06 bits per heavy atom. The molecule has 2 N–H and O–H groups in total. The van der Waals surface area contributed by atoms with E-state index in [0.29, 0.717) is 19.3 Å². The summed E-state index contributed by atoms with van der Waals surface area (Å²) < 4.78 is 38.8. The summed E-state index contributed by atoms with van der Waals surface area (Å²) >= 11 is 0. The Morgan fingerprint density at radius 2 is 1.50 bits per heavy atom. The van der Waals surface area contributed by atoms with Crippen molar-refractivity contribution in [2.24, 2.45) is 5.73 Å². The molecule has 98 valence electrons. The Hall–Kier alpha value is -0.290. The topological polar surface area (TPSA) is 29.3 Å². The maximum atomic E-state index is 12.9. The third kappa shape index (κ3) is 3.94. The fraction of sp³-hybridized carbons (Fsp3) is 1.00. The highest BCUT2D eigenvalue weighted by Gasteiger charge is 2.46. The van der Waals surface area contributed by atoms with Gasteiger partial charge in [-0.05, 0) is 26.3 Å². The summed E-state index contributed by atoms with van der Waals surface area (Å²) in [5, 5.41) is 0. The number of halogens is 3. The van der Waals surface area contributed by atoms with Crippen LogP contribution in [0.15, 0.2) is 0 Å². The van der Waals surface area contributed by atoms with Crippen LogP contribution in [-0.2, 0) is 0 Å². The summed E-state index contributed by atoms with van der Waals surface area (Å²) in [4.78, 5) is 1.38. The maximum absolute atomic E-state index is 12.9. The van der Waals surface area contributed by atoms with Crippen LogP contribution in [0.5, 0.6) is 0 Å². The number of nitrogens with two attached hydrogens (primary N) is 1. The molecule has 2 nitrogen and oxygen atoms in total. The molecule has 0 rings (SSSR count). The number of hydrogen-bond donors (Lipinski definition) is 1. The molecule has 0 amide bonds.